The molecule has 1 aliphatic carbocycles. The minimum atomic E-state index is 0.0201. The molecule has 0 spiro atoms. The number of aromatic nitrogens is 2. The van der Waals surface area contributed by atoms with Crippen molar-refractivity contribution in [1.29, 1.82) is 0 Å². The minimum absolute atomic E-state index is 0.0201. The lowest BCUT2D eigenvalue weighted by Gasteiger charge is -2.35. The topological polar surface area (TPSA) is 72.9 Å². The third-order valence-electron chi connectivity index (χ3n) is 5.08. The molecule has 1 aromatic heterocycles. The van der Waals surface area contributed by atoms with E-state index in [4.69, 9.17) is 5.73 Å². The van der Waals surface area contributed by atoms with Crippen LogP contribution in [-0.2, 0) is 11.3 Å². The number of rotatable bonds is 6. The molecule has 0 aliphatic heterocycles. The number of benzene rings is 1. The summed E-state index contributed by atoms with van der Waals surface area (Å²) in [7, 11) is 0. The molecule has 1 amide bonds. The van der Waals surface area contributed by atoms with Crippen LogP contribution in [0.5, 0.6) is 0 Å². The van der Waals surface area contributed by atoms with Gasteiger partial charge in [-0.25, -0.2) is 4.68 Å². The molecule has 5 nitrogen and oxygen atoms in total. The van der Waals surface area contributed by atoms with Crippen molar-refractivity contribution in [2.24, 2.45) is 11.1 Å². The first-order valence-corrected chi connectivity index (χ1v) is 8.77. The highest BCUT2D eigenvalue weighted by Crippen LogP contribution is 2.38. The highest BCUT2D eigenvalue weighted by molar-refractivity contribution is 5.76. The second kappa shape index (κ2) is 7.62. The van der Waals surface area contributed by atoms with Crippen molar-refractivity contribution in [3.05, 3.63) is 48.3 Å². The van der Waals surface area contributed by atoms with Gasteiger partial charge in [0, 0.05) is 25.4 Å². The monoisotopic (exact) mass is 326 g/mol. The first-order chi connectivity index (χ1) is 11.7. The first-order valence-electron chi connectivity index (χ1n) is 8.77. The molecule has 5 heteroatoms. The third kappa shape index (κ3) is 4.03. The largest absolute Gasteiger partial charge is 0.352 e. The number of nitrogens with two attached hydrogens (primary N) is 1. The van der Waals surface area contributed by atoms with E-state index in [2.05, 4.69) is 10.4 Å². The Morgan fingerprint density at radius 3 is 2.58 bits per heavy atom. The van der Waals surface area contributed by atoms with Crippen molar-refractivity contribution in [3.8, 4) is 5.69 Å². The maximum atomic E-state index is 12.3. The molecule has 0 saturated heterocycles. The van der Waals surface area contributed by atoms with Gasteiger partial charge in [-0.3, -0.25) is 4.79 Å². The zero-order valence-corrected chi connectivity index (χ0v) is 14.1. The molecular weight excluding hydrogens is 300 g/mol. The van der Waals surface area contributed by atoms with Crippen LogP contribution < -0.4 is 11.1 Å². The molecule has 0 unspecified atom stereocenters. The molecule has 3 rings (SSSR count). The second-order valence-electron chi connectivity index (χ2n) is 6.84. The van der Waals surface area contributed by atoms with Gasteiger partial charge in [0.1, 0.15) is 0 Å². The van der Waals surface area contributed by atoms with E-state index in [0.717, 1.165) is 24.1 Å². The number of nitrogens with one attached hydrogen (secondary N) is 1. The zero-order chi connectivity index (χ0) is 16.8. The standard InChI is InChI=1S/C19H26N4O/c20-15-19(9-2-1-3-10-19)13-18(24)21-14-16-5-7-17(8-6-16)23-12-4-11-22-23/h4-8,11-12H,1-3,9-10,13-15,20H2,(H,21,24). The van der Waals surface area contributed by atoms with Crippen LogP contribution in [0.15, 0.2) is 42.7 Å². The van der Waals surface area contributed by atoms with Crippen LogP contribution in [-0.4, -0.2) is 22.2 Å². The number of hydrogen-bond donors (Lipinski definition) is 2. The van der Waals surface area contributed by atoms with Crippen molar-refractivity contribution in [2.75, 3.05) is 6.54 Å². The molecule has 2 aromatic rings. The summed E-state index contributed by atoms with van der Waals surface area (Å²) < 4.78 is 1.82. The zero-order valence-electron chi connectivity index (χ0n) is 14.1. The van der Waals surface area contributed by atoms with E-state index in [1.807, 2.05) is 41.2 Å². The molecule has 128 valence electrons. The number of nitrogens with zero attached hydrogens (tertiary/aromatic N) is 2. The molecule has 1 aliphatic rings. The Kier molecular flexibility index (Phi) is 5.30. The third-order valence-corrected chi connectivity index (χ3v) is 5.08. The van der Waals surface area contributed by atoms with E-state index in [0.29, 0.717) is 19.5 Å². The lowest BCUT2D eigenvalue weighted by molar-refractivity contribution is -0.124. The number of amides is 1. The van der Waals surface area contributed by atoms with Crippen LogP contribution in [0.2, 0.25) is 0 Å². The molecule has 0 radical (unpaired) electrons. The minimum Gasteiger partial charge on any atom is -0.352 e. The van der Waals surface area contributed by atoms with Gasteiger partial charge >= 0.3 is 0 Å². The summed E-state index contributed by atoms with van der Waals surface area (Å²) in [6.45, 7) is 1.16. The summed E-state index contributed by atoms with van der Waals surface area (Å²) in [6, 6.07) is 9.97. The Morgan fingerprint density at radius 1 is 1.21 bits per heavy atom. The van der Waals surface area contributed by atoms with Crippen LogP contribution in [0.25, 0.3) is 5.69 Å². The summed E-state index contributed by atoms with van der Waals surface area (Å²) in [5.41, 5.74) is 8.09. The van der Waals surface area contributed by atoms with Gasteiger partial charge in [0.25, 0.3) is 0 Å². The Morgan fingerprint density at radius 2 is 1.96 bits per heavy atom. The van der Waals surface area contributed by atoms with Crippen molar-refractivity contribution < 1.29 is 4.79 Å². The van der Waals surface area contributed by atoms with Crippen molar-refractivity contribution in [3.63, 3.8) is 0 Å². The highest BCUT2D eigenvalue weighted by atomic mass is 16.1. The van der Waals surface area contributed by atoms with Crippen molar-refractivity contribution in [2.45, 2.75) is 45.1 Å². The summed E-state index contributed by atoms with van der Waals surface area (Å²) >= 11 is 0. The molecule has 1 fully saturated rings. The Hall–Kier alpha value is -2.14. The van der Waals surface area contributed by atoms with Crippen LogP contribution in [0.1, 0.15) is 44.1 Å². The summed E-state index contributed by atoms with van der Waals surface area (Å²) in [4.78, 5) is 12.3. The van der Waals surface area contributed by atoms with Gasteiger partial charge in [0.2, 0.25) is 5.91 Å². The Bertz CT molecular complexity index is 643. The van der Waals surface area contributed by atoms with E-state index in [1.54, 1.807) is 6.20 Å². The summed E-state index contributed by atoms with van der Waals surface area (Å²) in [6.07, 6.45) is 10.0. The van der Waals surface area contributed by atoms with E-state index in [9.17, 15) is 4.79 Å². The van der Waals surface area contributed by atoms with Crippen LogP contribution >= 0.6 is 0 Å². The maximum Gasteiger partial charge on any atom is 0.220 e. The first kappa shape index (κ1) is 16.7. The fraction of sp³-hybridized carbons (Fsp3) is 0.474. The van der Waals surface area contributed by atoms with Crippen molar-refractivity contribution in [1.82, 2.24) is 15.1 Å². The van der Waals surface area contributed by atoms with Gasteiger partial charge in [-0.05, 0) is 48.6 Å². The quantitative estimate of drug-likeness (QED) is 0.857. The normalized spacial score (nSPS) is 16.7. The Balaban J connectivity index is 1.52. The van der Waals surface area contributed by atoms with E-state index >= 15 is 0 Å². The van der Waals surface area contributed by atoms with E-state index < -0.39 is 0 Å². The van der Waals surface area contributed by atoms with Gasteiger partial charge in [0.05, 0.1) is 5.69 Å². The molecule has 0 atom stereocenters. The van der Waals surface area contributed by atoms with Crippen molar-refractivity contribution >= 4 is 5.91 Å². The average Bonchev–Trinajstić information content (AvgIpc) is 3.16. The van der Waals surface area contributed by atoms with Crippen LogP contribution in [0.4, 0.5) is 0 Å². The number of hydrogen-bond acceptors (Lipinski definition) is 3. The van der Waals surface area contributed by atoms with E-state index in [1.165, 1.54) is 19.3 Å². The molecule has 1 saturated carbocycles. The average molecular weight is 326 g/mol. The van der Waals surface area contributed by atoms with Crippen LogP contribution in [0, 0.1) is 5.41 Å². The molecule has 24 heavy (non-hydrogen) atoms. The number of carbonyl (C=O) groups is 1. The maximum absolute atomic E-state index is 12.3. The lowest BCUT2D eigenvalue weighted by atomic mass is 9.71. The van der Waals surface area contributed by atoms with E-state index in [-0.39, 0.29) is 11.3 Å². The SMILES string of the molecule is NCC1(CC(=O)NCc2ccc(-n3cccn3)cc2)CCCCC1. The fourth-order valence-corrected chi connectivity index (χ4v) is 3.55. The molecular formula is C19H26N4O. The van der Waals surface area contributed by atoms with Gasteiger partial charge in [0.15, 0.2) is 0 Å². The Labute approximate surface area is 143 Å². The smallest absolute Gasteiger partial charge is 0.220 e. The van der Waals surface area contributed by atoms with Gasteiger partial charge in [-0.1, -0.05) is 31.4 Å². The van der Waals surface area contributed by atoms with Gasteiger partial charge in [-0.15, -0.1) is 0 Å². The highest BCUT2D eigenvalue weighted by Gasteiger charge is 2.32. The predicted octanol–water partition coefficient (Wildman–Crippen LogP) is 2.79. The second-order valence-corrected chi connectivity index (χ2v) is 6.84. The molecule has 1 heterocycles. The summed E-state index contributed by atoms with van der Waals surface area (Å²) in [5.74, 6) is 0.110. The number of carbonyl (C=O) groups excluding carboxylic acids is 1. The molecule has 1 aromatic carbocycles. The van der Waals surface area contributed by atoms with Gasteiger partial charge < -0.3 is 11.1 Å². The lowest BCUT2D eigenvalue weighted by Crippen LogP contribution is -2.38. The predicted molar refractivity (Wildman–Crippen MR) is 94.6 cm³/mol. The summed E-state index contributed by atoms with van der Waals surface area (Å²) in [5, 5.41) is 7.25. The molecule has 3 N–H and O–H groups in total. The fourth-order valence-electron chi connectivity index (χ4n) is 3.55. The van der Waals surface area contributed by atoms with Gasteiger partial charge in [-0.2, -0.15) is 5.10 Å². The molecule has 0 bridgehead atoms. The van der Waals surface area contributed by atoms with Crippen LogP contribution in [0.3, 0.4) is 0 Å².